The first-order valence-electron chi connectivity index (χ1n) is 6.95. The Morgan fingerprint density at radius 1 is 1.13 bits per heavy atom. The Labute approximate surface area is 153 Å². The molecule has 1 aliphatic rings. The second kappa shape index (κ2) is 7.22. The number of thioether (sulfide) groups is 1. The zero-order valence-corrected chi connectivity index (χ0v) is 15.0. The van der Waals surface area contributed by atoms with Crippen molar-refractivity contribution in [2.24, 2.45) is 0 Å². The second-order valence-electron chi connectivity index (χ2n) is 5.00. The Balaban J connectivity index is 1.81. The molecular weight excluding hydrogens is 375 g/mol. The van der Waals surface area contributed by atoms with Crippen LogP contribution in [0.4, 0.5) is 10.5 Å². The monoisotopic (exact) mass is 386 g/mol. The molecule has 1 N–H and O–H groups in total. The van der Waals surface area contributed by atoms with Crippen molar-refractivity contribution in [1.82, 2.24) is 4.90 Å². The first-order chi connectivity index (χ1) is 11.1. The highest BCUT2D eigenvalue weighted by Gasteiger charge is 2.31. The van der Waals surface area contributed by atoms with Crippen molar-refractivity contribution in [1.29, 1.82) is 0 Å². The summed E-state index contributed by atoms with van der Waals surface area (Å²) in [5.41, 5.74) is 1.43. The van der Waals surface area contributed by atoms with E-state index in [0.717, 1.165) is 11.3 Å². The zero-order chi connectivity index (χ0) is 16.4. The molecule has 7 heteroatoms. The van der Waals surface area contributed by atoms with E-state index in [1.165, 1.54) is 0 Å². The van der Waals surface area contributed by atoms with Crippen molar-refractivity contribution in [3.63, 3.8) is 0 Å². The normalized spacial score (nSPS) is 17.3. The molecule has 0 aromatic heterocycles. The molecule has 3 rings (SSSR count). The first kappa shape index (κ1) is 16.8. The number of para-hydroxylation sites is 1. The summed E-state index contributed by atoms with van der Waals surface area (Å²) >= 11 is 20.0. The van der Waals surface area contributed by atoms with Crippen LogP contribution in [0.2, 0.25) is 15.1 Å². The molecule has 120 valence electrons. The van der Waals surface area contributed by atoms with Gasteiger partial charge in [0.25, 0.3) is 0 Å². The minimum atomic E-state index is -0.227. The van der Waals surface area contributed by atoms with Crippen LogP contribution in [0.3, 0.4) is 0 Å². The molecule has 1 fully saturated rings. The smallest absolute Gasteiger partial charge is 0.308 e. The van der Waals surface area contributed by atoms with Crippen LogP contribution in [0.5, 0.6) is 0 Å². The molecule has 1 saturated heterocycles. The van der Waals surface area contributed by atoms with E-state index in [-0.39, 0.29) is 11.4 Å². The molecule has 1 heterocycles. The number of halogens is 3. The molecule has 0 spiro atoms. The Hall–Kier alpha value is -1.07. The standard InChI is InChI=1S/C16H13Cl3N2OS/c17-11-4-1-3-10(9-11)15-21(7-8-23-15)16(22)20-14-12(18)5-2-6-13(14)19/h1-6,9,15H,7-8H2,(H,20,22). The van der Waals surface area contributed by atoms with Gasteiger partial charge in [0.05, 0.1) is 15.7 Å². The molecule has 0 radical (unpaired) electrons. The van der Waals surface area contributed by atoms with Gasteiger partial charge in [-0.2, -0.15) is 0 Å². The molecule has 1 atom stereocenters. The van der Waals surface area contributed by atoms with E-state index < -0.39 is 0 Å². The van der Waals surface area contributed by atoms with Crippen LogP contribution in [-0.2, 0) is 0 Å². The van der Waals surface area contributed by atoms with Crippen molar-refractivity contribution < 1.29 is 4.79 Å². The van der Waals surface area contributed by atoms with Gasteiger partial charge in [-0.1, -0.05) is 53.0 Å². The van der Waals surface area contributed by atoms with Gasteiger partial charge in [-0.05, 0) is 29.8 Å². The Kier molecular flexibility index (Phi) is 5.27. The van der Waals surface area contributed by atoms with E-state index in [0.29, 0.717) is 27.3 Å². The number of hydrogen-bond donors (Lipinski definition) is 1. The van der Waals surface area contributed by atoms with Gasteiger partial charge in [-0.25, -0.2) is 4.79 Å². The van der Waals surface area contributed by atoms with Crippen molar-refractivity contribution in [2.75, 3.05) is 17.6 Å². The van der Waals surface area contributed by atoms with Gasteiger partial charge >= 0.3 is 6.03 Å². The van der Waals surface area contributed by atoms with Gasteiger partial charge in [0, 0.05) is 17.3 Å². The third-order valence-electron chi connectivity index (χ3n) is 3.48. The Morgan fingerprint density at radius 3 is 2.52 bits per heavy atom. The van der Waals surface area contributed by atoms with Crippen molar-refractivity contribution >= 4 is 58.3 Å². The number of benzene rings is 2. The Bertz CT molecular complexity index is 721. The number of nitrogens with zero attached hydrogens (tertiary/aromatic N) is 1. The van der Waals surface area contributed by atoms with Gasteiger partial charge in [-0.3, -0.25) is 0 Å². The molecular formula is C16H13Cl3N2OS. The van der Waals surface area contributed by atoms with Gasteiger partial charge in [0.2, 0.25) is 0 Å². The SMILES string of the molecule is O=C(Nc1c(Cl)cccc1Cl)N1CCSC1c1cccc(Cl)c1. The largest absolute Gasteiger partial charge is 0.323 e. The van der Waals surface area contributed by atoms with Gasteiger partial charge in [0.1, 0.15) is 5.37 Å². The predicted molar refractivity (Wildman–Crippen MR) is 98.8 cm³/mol. The summed E-state index contributed by atoms with van der Waals surface area (Å²) in [6.07, 6.45) is 0. The van der Waals surface area contributed by atoms with E-state index in [1.54, 1.807) is 34.9 Å². The number of urea groups is 1. The molecule has 2 aromatic rings. The maximum atomic E-state index is 12.6. The average Bonchev–Trinajstić information content (AvgIpc) is 3.00. The number of nitrogens with one attached hydrogen (secondary N) is 1. The highest BCUT2D eigenvalue weighted by molar-refractivity contribution is 7.99. The maximum absolute atomic E-state index is 12.6. The van der Waals surface area contributed by atoms with Crippen molar-refractivity contribution in [2.45, 2.75) is 5.37 Å². The van der Waals surface area contributed by atoms with Crippen LogP contribution in [0.15, 0.2) is 42.5 Å². The highest BCUT2D eigenvalue weighted by atomic mass is 35.5. The van der Waals surface area contributed by atoms with Crippen LogP contribution in [0, 0.1) is 0 Å². The second-order valence-corrected chi connectivity index (χ2v) is 7.44. The van der Waals surface area contributed by atoms with Crippen LogP contribution >= 0.6 is 46.6 Å². The lowest BCUT2D eigenvalue weighted by Crippen LogP contribution is -2.34. The van der Waals surface area contributed by atoms with Gasteiger partial charge in [0.15, 0.2) is 0 Å². The number of carbonyl (C=O) groups is 1. The molecule has 0 bridgehead atoms. The Morgan fingerprint density at radius 2 is 1.83 bits per heavy atom. The topological polar surface area (TPSA) is 32.3 Å². The fourth-order valence-electron chi connectivity index (χ4n) is 2.41. The quantitative estimate of drug-likeness (QED) is 0.693. The minimum absolute atomic E-state index is 0.0741. The van der Waals surface area contributed by atoms with Gasteiger partial charge in [-0.15, -0.1) is 11.8 Å². The van der Waals surface area contributed by atoms with E-state index >= 15 is 0 Å². The van der Waals surface area contributed by atoms with Gasteiger partial charge < -0.3 is 10.2 Å². The zero-order valence-electron chi connectivity index (χ0n) is 11.9. The molecule has 0 saturated carbocycles. The summed E-state index contributed by atoms with van der Waals surface area (Å²) < 4.78 is 0. The molecule has 0 aliphatic carbocycles. The summed E-state index contributed by atoms with van der Waals surface area (Å²) in [6.45, 7) is 0.649. The fourth-order valence-corrected chi connectivity index (χ4v) is 4.35. The van der Waals surface area contributed by atoms with E-state index in [2.05, 4.69) is 5.32 Å². The maximum Gasteiger partial charge on any atom is 0.323 e. The summed E-state index contributed by atoms with van der Waals surface area (Å²) in [7, 11) is 0. The minimum Gasteiger partial charge on any atom is -0.308 e. The molecule has 1 aliphatic heterocycles. The number of anilines is 1. The van der Waals surface area contributed by atoms with Crippen LogP contribution in [-0.4, -0.2) is 23.2 Å². The highest BCUT2D eigenvalue weighted by Crippen LogP contribution is 2.39. The van der Waals surface area contributed by atoms with E-state index in [4.69, 9.17) is 34.8 Å². The third kappa shape index (κ3) is 3.72. The fraction of sp³-hybridized carbons (Fsp3) is 0.188. The molecule has 3 nitrogen and oxygen atoms in total. The number of rotatable bonds is 2. The van der Waals surface area contributed by atoms with E-state index in [1.807, 2.05) is 24.3 Å². The molecule has 23 heavy (non-hydrogen) atoms. The average molecular weight is 388 g/mol. The lowest BCUT2D eigenvalue weighted by molar-refractivity contribution is 0.214. The van der Waals surface area contributed by atoms with Crippen molar-refractivity contribution in [3.05, 3.63) is 63.1 Å². The molecule has 2 amide bonds. The number of hydrogen-bond acceptors (Lipinski definition) is 2. The van der Waals surface area contributed by atoms with Crippen LogP contribution < -0.4 is 5.32 Å². The number of amides is 2. The summed E-state index contributed by atoms with van der Waals surface area (Å²) in [5.74, 6) is 0.862. The lowest BCUT2D eigenvalue weighted by Gasteiger charge is -2.25. The number of carbonyl (C=O) groups excluding carboxylic acids is 1. The van der Waals surface area contributed by atoms with Crippen LogP contribution in [0.25, 0.3) is 0 Å². The summed E-state index contributed by atoms with van der Waals surface area (Å²) in [5, 5.41) is 4.22. The summed E-state index contributed by atoms with van der Waals surface area (Å²) in [4.78, 5) is 14.4. The first-order valence-corrected chi connectivity index (χ1v) is 9.13. The molecule has 1 unspecified atom stereocenters. The summed E-state index contributed by atoms with van der Waals surface area (Å²) in [6, 6.07) is 12.4. The lowest BCUT2D eigenvalue weighted by atomic mass is 10.2. The van der Waals surface area contributed by atoms with Crippen LogP contribution in [0.1, 0.15) is 10.9 Å². The predicted octanol–water partition coefficient (Wildman–Crippen LogP) is 5.93. The van der Waals surface area contributed by atoms with Crippen molar-refractivity contribution in [3.8, 4) is 0 Å². The third-order valence-corrected chi connectivity index (χ3v) is 5.61. The van der Waals surface area contributed by atoms with E-state index in [9.17, 15) is 4.79 Å². The molecule has 2 aromatic carbocycles.